The van der Waals surface area contributed by atoms with E-state index in [0.717, 1.165) is 6.42 Å². The van der Waals surface area contributed by atoms with E-state index in [4.69, 9.17) is 0 Å². The van der Waals surface area contributed by atoms with E-state index in [-0.39, 0.29) is 11.2 Å². The molecule has 0 saturated heterocycles. The van der Waals surface area contributed by atoms with Crippen molar-refractivity contribution in [2.45, 2.75) is 19.9 Å². The summed E-state index contributed by atoms with van der Waals surface area (Å²) in [6.07, 6.45) is 2.40. The first-order valence-corrected chi connectivity index (χ1v) is 5.62. The lowest BCUT2D eigenvalue weighted by atomic mass is 10.3. The summed E-state index contributed by atoms with van der Waals surface area (Å²) < 4.78 is 2.74. The van der Waals surface area contributed by atoms with Crippen molar-refractivity contribution >= 4 is 0 Å². The van der Waals surface area contributed by atoms with Crippen LogP contribution in [-0.4, -0.2) is 9.13 Å². The largest absolute Gasteiger partial charge is 0.335 e. The van der Waals surface area contributed by atoms with Gasteiger partial charge in [0.15, 0.2) is 0 Å². The Balaban J connectivity index is 2.65. The molecule has 0 aliphatic rings. The van der Waals surface area contributed by atoms with Gasteiger partial charge in [-0.2, -0.15) is 0 Å². The molecule has 2 aromatic rings. The molecule has 0 fully saturated rings. The van der Waals surface area contributed by atoms with E-state index in [9.17, 15) is 9.59 Å². The van der Waals surface area contributed by atoms with Gasteiger partial charge in [0.1, 0.15) is 0 Å². The minimum Gasteiger partial charge on any atom is -0.300 e. The maximum Gasteiger partial charge on any atom is 0.335 e. The van der Waals surface area contributed by atoms with E-state index in [0.29, 0.717) is 12.2 Å². The Hall–Kier alpha value is -2.10. The molecule has 0 spiro atoms. The molecule has 0 aliphatic carbocycles. The summed E-state index contributed by atoms with van der Waals surface area (Å²) in [5, 5.41) is 0. The molecule has 4 nitrogen and oxygen atoms in total. The van der Waals surface area contributed by atoms with Crippen LogP contribution in [0, 0.1) is 0 Å². The average molecular weight is 230 g/mol. The molecule has 0 aliphatic heterocycles. The number of benzene rings is 1. The highest BCUT2D eigenvalue weighted by molar-refractivity contribution is 5.30. The van der Waals surface area contributed by atoms with Crippen LogP contribution in [0.4, 0.5) is 0 Å². The quantitative estimate of drug-likeness (QED) is 0.800. The Morgan fingerprint density at radius 1 is 1.06 bits per heavy atom. The van der Waals surface area contributed by atoms with Crippen LogP contribution < -0.4 is 11.2 Å². The van der Waals surface area contributed by atoms with Gasteiger partial charge in [-0.3, -0.25) is 4.79 Å². The van der Waals surface area contributed by atoms with Crippen LogP contribution >= 0.6 is 0 Å². The van der Waals surface area contributed by atoms with E-state index < -0.39 is 0 Å². The molecule has 4 heteroatoms. The zero-order valence-electron chi connectivity index (χ0n) is 9.67. The van der Waals surface area contributed by atoms with Crippen molar-refractivity contribution in [1.82, 2.24) is 9.13 Å². The molecule has 0 atom stereocenters. The number of nitrogens with zero attached hydrogens (tertiary/aromatic N) is 2. The number of aryl methyl sites for hydroxylation is 1. The maximum absolute atomic E-state index is 12.1. The van der Waals surface area contributed by atoms with Gasteiger partial charge in [-0.05, 0) is 18.6 Å². The SMILES string of the molecule is CCCn1ccc(=O)n(-c2ccccc2)c1=O. The summed E-state index contributed by atoms with van der Waals surface area (Å²) in [6, 6.07) is 10.4. The summed E-state index contributed by atoms with van der Waals surface area (Å²) in [4.78, 5) is 23.9. The predicted molar refractivity (Wildman–Crippen MR) is 66.6 cm³/mol. The second-order valence-electron chi connectivity index (χ2n) is 3.80. The van der Waals surface area contributed by atoms with Gasteiger partial charge in [0.05, 0.1) is 5.69 Å². The van der Waals surface area contributed by atoms with Crippen LogP contribution in [0.2, 0.25) is 0 Å². The van der Waals surface area contributed by atoms with Crippen LogP contribution in [0.3, 0.4) is 0 Å². The highest BCUT2D eigenvalue weighted by atomic mass is 16.2. The van der Waals surface area contributed by atoms with Gasteiger partial charge in [0.2, 0.25) is 0 Å². The van der Waals surface area contributed by atoms with Crippen molar-refractivity contribution in [2.75, 3.05) is 0 Å². The minimum atomic E-state index is -0.298. The fourth-order valence-electron chi connectivity index (χ4n) is 1.74. The lowest BCUT2D eigenvalue weighted by Gasteiger charge is -2.08. The molecule has 1 heterocycles. The third-order valence-corrected chi connectivity index (χ3v) is 2.53. The summed E-state index contributed by atoms with van der Waals surface area (Å²) in [5.74, 6) is 0. The van der Waals surface area contributed by atoms with Gasteiger partial charge in [-0.1, -0.05) is 25.1 Å². The molecule has 0 N–H and O–H groups in total. The molecule has 0 bridgehead atoms. The maximum atomic E-state index is 12.1. The van der Waals surface area contributed by atoms with Crippen molar-refractivity contribution in [3.05, 3.63) is 63.4 Å². The van der Waals surface area contributed by atoms with Gasteiger partial charge >= 0.3 is 5.69 Å². The van der Waals surface area contributed by atoms with Gasteiger partial charge in [-0.15, -0.1) is 0 Å². The van der Waals surface area contributed by atoms with E-state index in [1.54, 1.807) is 35.0 Å². The van der Waals surface area contributed by atoms with Crippen molar-refractivity contribution in [2.24, 2.45) is 0 Å². The number of hydrogen-bond donors (Lipinski definition) is 0. The third-order valence-electron chi connectivity index (χ3n) is 2.53. The van der Waals surface area contributed by atoms with E-state index in [1.807, 2.05) is 13.0 Å². The number of aromatic nitrogens is 2. The molecule has 1 aromatic carbocycles. The van der Waals surface area contributed by atoms with Crippen molar-refractivity contribution in [3.63, 3.8) is 0 Å². The second-order valence-corrected chi connectivity index (χ2v) is 3.80. The lowest BCUT2D eigenvalue weighted by Crippen LogP contribution is -2.37. The van der Waals surface area contributed by atoms with E-state index in [1.165, 1.54) is 10.6 Å². The number of para-hydroxylation sites is 1. The highest BCUT2D eigenvalue weighted by Gasteiger charge is 2.05. The topological polar surface area (TPSA) is 44.0 Å². The zero-order chi connectivity index (χ0) is 12.3. The Bertz CT molecular complexity index is 611. The third kappa shape index (κ3) is 2.20. The van der Waals surface area contributed by atoms with Crippen LogP contribution in [0.5, 0.6) is 0 Å². The van der Waals surface area contributed by atoms with E-state index in [2.05, 4.69) is 0 Å². The van der Waals surface area contributed by atoms with E-state index >= 15 is 0 Å². The first-order chi connectivity index (χ1) is 8.24. The predicted octanol–water partition coefficient (Wildman–Crippen LogP) is 1.41. The van der Waals surface area contributed by atoms with Crippen LogP contribution in [0.15, 0.2) is 52.2 Å². The van der Waals surface area contributed by atoms with Crippen LogP contribution in [0.25, 0.3) is 5.69 Å². The van der Waals surface area contributed by atoms with Gasteiger partial charge in [-0.25, -0.2) is 9.36 Å². The number of hydrogen-bond acceptors (Lipinski definition) is 2. The highest BCUT2D eigenvalue weighted by Crippen LogP contribution is 2.00. The molecule has 0 saturated carbocycles. The summed E-state index contributed by atoms with van der Waals surface area (Å²) in [6.45, 7) is 2.61. The average Bonchev–Trinajstić information content (AvgIpc) is 2.35. The Morgan fingerprint density at radius 2 is 1.76 bits per heavy atom. The second kappa shape index (κ2) is 4.82. The molecule has 17 heavy (non-hydrogen) atoms. The zero-order valence-corrected chi connectivity index (χ0v) is 9.67. The normalized spacial score (nSPS) is 10.4. The molecular weight excluding hydrogens is 216 g/mol. The smallest absolute Gasteiger partial charge is 0.300 e. The lowest BCUT2D eigenvalue weighted by molar-refractivity contribution is 0.611. The molecule has 2 rings (SSSR count). The van der Waals surface area contributed by atoms with Crippen molar-refractivity contribution in [1.29, 1.82) is 0 Å². The Morgan fingerprint density at radius 3 is 2.41 bits per heavy atom. The fraction of sp³-hybridized carbons (Fsp3) is 0.231. The molecular formula is C13H14N2O2. The monoisotopic (exact) mass is 230 g/mol. The van der Waals surface area contributed by atoms with Gasteiger partial charge in [0, 0.05) is 18.8 Å². The summed E-state index contributed by atoms with van der Waals surface area (Å²) >= 11 is 0. The first-order valence-electron chi connectivity index (χ1n) is 5.62. The van der Waals surface area contributed by atoms with Crippen molar-refractivity contribution in [3.8, 4) is 5.69 Å². The molecule has 88 valence electrons. The minimum absolute atomic E-state index is 0.287. The molecule has 0 amide bonds. The Kier molecular flexibility index (Phi) is 3.23. The fourth-order valence-corrected chi connectivity index (χ4v) is 1.74. The number of rotatable bonds is 3. The van der Waals surface area contributed by atoms with Crippen molar-refractivity contribution < 1.29 is 0 Å². The molecule has 1 aromatic heterocycles. The molecule has 0 radical (unpaired) electrons. The standard InChI is InChI=1S/C13H14N2O2/c1-2-9-14-10-8-12(16)15(13(14)17)11-6-4-3-5-7-11/h3-8,10H,2,9H2,1H3. The van der Waals surface area contributed by atoms with Crippen LogP contribution in [-0.2, 0) is 6.54 Å². The summed E-state index contributed by atoms with van der Waals surface area (Å²) in [7, 11) is 0. The Labute approximate surface area is 98.8 Å². The molecule has 0 unspecified atom stereocenters. The van der Waals surface area contributed by atoms with Crippen LogP contribution in [0.1, 0.15) is 13.3 Å². The first kappa shape index (κ1) is 11.4. The van der Waals surface area contributed by atoms with Gasteiger partial charge in [0.25, 0.3) is 5.56 Å². The van der Waals surface area contributed by atoms with Gasteiger partial charge < -0.3 is 4.57 Å². The summed E-state index contributed by atoms with van der Waals surface area (Å²) in [5.41, 5.74) is 0.0204.